The maximum atomic E-state index is 12.6. The van der Waals surface area contributed by atoms with Crippen LogP contribution in [0, 0.1) is 0 Å². The fraction of sp³-hybridized carbons (Fsp3) is 0.500. The second kappa shape index (κ2) is 7.90. The minimum atomic E-state index is -0.567. The van der Waals surface area contributed by atoms with E-state index in [1.165, 1.54) is 6.42 Å². The number of nitrogens with zero attached hydrogens (tertiary/aromatic N) is 1. The molecule has 7 nitrogen and oxygen atoms in total. The van der Waals surface area contributed by atoms with Crippen molar-refractivity contribution < 1.29 is 19.1 Å². The summed E-state index contributed by atoms with van der Waals surface area (Å²) >= 11 is 0. The van der Waals surface area contributed by atoms with Crippen molar-refractivity contribution in [2.75, 3.05) is 13.3 Å². The monoisotopic (exact) mass is 371 g/mol. The molecular formula is C20H25N3O4. The molecule has 27 heavy (non-hydrogen) atoms. The number of hydrogen-bond acceptors (Lipinski definition) is 4. The van der Waals surface area contributed by atoms with Crippen molar-refractivity contribution in [2.45, 2.75) is 50.7 Å². The molecule has 0 unspecified atom stereocenters. The number of rotatable bonds is 4. The van der Waals surface area contributed by atoms with E-state index in [0.717, 1.165) is 37.0 Å². The molecule has 144 valence electrons. The van der Waals surface area contributed by atoms with Gasteiger partial charge in [-0.05, 0) is 30.5 Å². The van der Waals surface area contributed by atoms with E-state index in [2.05, 4.69) is 10.6 Å². The number of nitrogens with one attached hydrogen (secondary N) is 2. The zero-order chi connectivity index (χ0) is 18.6. The van der Waals surface area contributed by atoms with Crippen molar-refractivity contribution in [2.24, 2.45) is 0 Å². The summed E-state index contributed by atoms with van der Waals surface area (Å²) in [6, 6.07) is 5.09. The van der Waals surface area contributed by atoms with Crippen LogP contribution in [0.1, 0.15) is 37.7 Å². The molecule has 2 heterocycles. The number of fused-ring (bicyclic) bond motifs is 1. The second-order valence-electron chi connectivity index (χ2n) is 7.22. The van der Waals surface area contributed by atoms with Crippen LogP contribution in [-0.4, -0.2) is 42.3 Å². The molecule has 3 aliphatic rings. The highest BCUT2D eigenvalue weighted by Crippen LogP contribution is 2.32. The minimum Gasteiger partial charge on any atom is -0.454 e. The van der Waals surface area contributed by atoms with E-state index >= 15 is 0 Å². The van der Waals surface area contributed by atoms with Gasteiger partial charge >= 0.3 is 6.03 Å². The molecule has 2 aliphatic heterocycles. The van der Waals surface area contributed by atoms with Gasteiger partial charge in [0.25, 0.3) is 0 Å². The van der Waals surface area contributed by atoms with Gasteiger partial charge in [0.05, 0.1) is 0 Å². The third-order valence-corrected chi connectivity index (χ3v) is 5.32. The van der Waals surface area contributed by atoms with Crippen LogP contribution in [0.3, 0.4) is 0 Å². The minimum absolute atomic E-state index is 0.157. The molecule has 0 saturated heterocycles. The van der Waals surface area contributed by atoms with Gasteiger partial charge in [0.15, 0.2) is 11.5 Å². The Balaban J connectivity index is 1.31. The number of hydrogen-bond donors (Lipinski definition) is 2. The zero-order valence-electron chi connectivity index (χ0n) is 15.3. The average Bonchev–Trinajstić information content (AvgIpc) is 3.35. The van der Waals surface area contributed by atoms with Gasteiger partial charge in [-0.2, -0.15) is 0 Å². The summed E-state index contributed by atoms with van der Waals surface area (Å²) in [4.78, 5) is 26.8. The molecular weight excluding hydrogens is 346 g/mol. The van der Waals surface area contributed by atoms with E-state index in [0.29, 0.717) is 18.8 Å². The first-order valence-corrected chi connectivity index (χ1v) is 9.61. The van der Waals surface area contributed by atoms with E-state index < -0.39 is 6.04 Å². The summed E-state index contributed by atoms with van der Waals surface area (Å²) in [5, 5.41) is 6.00. The smallest absolute Gasteiger partial charge is 0.318 e. The van der Waals surface area contributed by atoms with Crippen LogP contribution in [0.15, 0.2) is 30.4 Å². The summed E-state index contributed by atoms with van der Waals surface area (Å²) in [5.74, 6) is 1.23. The first-order chi connectivity index (χ1) is 13.2. The van der Waals surface area contributed by atoms with Gasteiger partial charge in [-0.1, -0.05) is 37.5 Å². The Hall–Kier alpha value is -2.70. The van der Waals surface area contributed by atoms with Crippen LogP contribution in [0.5, 0.6) is 11.5 Å². The Kier molecular flexibility index (Phi) is 5.18. The molecule has 0 spiro atoms. The number of ether oxygens (including phenoxy) is 2. The molecule has 1 fully saturated rings. The molecule has 0 radical (unpaired) electrons. The molecule has 0 aromatic heterocycles. The summed E-state index contributed by atoms with van der Waals surface area (Å²) in [6.07, 6.45) is 9.25. The number of urea groups is 1. The lowest BCUT2D eigenvalue weighted by atomic mass is 9.96. The topological polar surface area (TPSA) is 79.9 Å². The maximum absolute atomic E-state index is 12.6. The molecule has 1 aliphatic carbocycles. The van der Waals surface area contributed by atoms with Gasteiger partial charge in [-0.15, -0.1) is 0 Å². The third-order valence-electron chi connectivity index (χ3n) is 5.32. The lowest BCUT2D eigenvalue weighted by Crippen LogP contribution is -2.52. The highest BCUT2D eigenvalue weighted by Gasteiger charge is 2.31. The average molecular weight is 371 g/mol. The predicted octanol–water partition coefficient (Wildman–Crippen LogP) is 2.31. The zero-order valence-corrected chi connectivity index (χ0v) is 15.3. The van der Waals surface area contributed by atoms with Gasteiger partial charge in [0.2, 0.25) is 12.7 Å². The largest absolute Gasteiger partial charge is 0.454 e. The summed E-state index contributed by atoms with van der Waals surface area (Å²) in [5.41, 5.74) is 0.924. The van der Waals surface area contributed by atoms with Crippen molar-refractivity contribution in [3.05, 3.63) is 35.9 Å². The molecule has 1 saturated carbocycles. The van der Waals surface area contributed by atoms with Gasteiger partial charge in [-0.3, -0.25) is 4.79 Å². The van der Waals surface area contributed by atoms with Gasteiger partial charge in [-0.25, -0.2) is 4.79 Å². The Morgan fingerprint density at radius 1 is 1.11 bits per heavy atom. The fourth-order valence-electron chi connectivity index (χ4n) is 3.81. The molecule has 0 bridgehead atoms. The Morgan fingerprint density at radius 2 is 1.93 bits per heavy atom. The lowest BCUT2D eigenvalue weighted by Gasteiger charge is -2.29. The van der Waals surface area contributed by atoms with E-state index in [4.69, 9.17) is 9.47 Å². The number of benzene rings is 1. The molecule has 2 N–H and O–H groups in total. The standard InChI is InChI=1S/C20H25N3O4/c24-19(21-12-14-8-9-17-18(11-14)27-13-26-17)16-7-4-10-23(16)20(25)22-15-5-2-1-3-6-15/h4,7-9,11,15-16H,1-3,5-6,10,12-13H2,(H,21,24)(H,22,25)/t16-/m0/s1. The number of carbonyl (C=O) groups excluding carboxylic acids is 2. The highest BCUT2D eigenvalue weighted by molar-refractivity contribution is 5.89. The summed E-state index contributed by atoms with van der Waals surface area (Å²) in [6.45, 7) is 1.06. The molecule has 4 rings (SSSR count). The first kappa shape index (κ1) is 17.7. The predicted molar refractivity (Wildman–Crippen MR) is 99.5 cm³/mol. The SMILES string of the molecule is O=C(NCc1ccc2c(c1)OCO2)[C@@H]1C=CCN1C(=O)NC1CCCCC1. The van der Waals surface area contributed by atoms with Crippen molar-refractivity contribution >= 4 is 11.9 Å². The normalized spacial score (nSPS) is 21.3. The number of carbonyl (C=O) groups is 2. The van der Waals surface area contributed by atoms with Crippen LogP contribution >= 0.6 is 0 Å². The van der Waals surface area contributed by atoms with Gasteiger partial charge in [0, 0.05) is 19.1 Å². The Morgan fingerprint density at radius 3 is 2.78 bits per heavy atom. The van der Waals surface area contributed by atoms with E-state index in [1.54, 1.807) is 11.0 Å². The van der Waals surface area contributed by atoms with E-state index in [1.807, 2.05) is 24.3 Å². The number of amides is 3. The third kappa shape index (κ3) is 4.02. The van der Waals surface area contributed by atoms with Crippen LogP contribution < -0.4 is 20.1 Å². The fourth-order valence-corrected chi connectivity index (χ4v) is 3.81. The molecule has 7 heteroatoms. The van der Waals surface area contributed by atoms with Crippen molar-refractivity contribution in [3.8, 4) is 11.5 Å². The van der Waals surface area contributed by atoms with Crippen molar-refractivity contribution in [1.82, 2.24) is 15.5 Å². The van der Waals surface area contributed by atoms with Crippen LogP contribution in [0.2, 0.25) is 0 Å². The molecule has 1 aromatic rings. The van der Waals surface area contributed by atoms with Gasteiger partial charge < -0.3 is 25.0 Å². The van der Waals surface area contributed by atoms with Crippen LogP contribution in [-0.2, 0) is 11.3 Å². The first-order valence-electron chi connectivity index (χ1n) is 9.61. The van der Waals surface area contributed by atoms with Crippen LogP contribution in [0.25, 0.3) is 0 Å². The van der Waals surface area contributed by atoms with Crippen molar-refractivity contribution in [3.63, 3.8) is 0 Å². The summed E-state index contributed by atoms with van der Waals surface area (Å²) in [7, 11) is 0. The highest BCUT2D eigenvalue weighted by atomic mass is 16.7. The van der Waals surface area contributed by atoms with Gasteiger partial charge in [0.1, 0.15) is 6.04 Å². The second-order valence-corrected chi connectivity index (χ2v) is 7.22. The lowest BCUT2D eigenvalue weighted by molar-refractivity contribution is -0.123. The quantitative estimate of drug-likeness (QED) is 0.796. The van der Waals surface area contributed by atoms with Crippen LogP contribution in [0.4, 0.5) is 4.79 Å². The Bertz CT molecular complexity index is 743. The van der Waals surface area contributed by atoms with Crippen molar-refractivity contribution in [1.29, 1.82) is 0 Å². The molecule has 1 aromatic carbocycles. The molecule has 1 atom stereocenters. The van der Waals surface area contributed by atoms with E-state index in [-0.39, 0.29) is 24.8 Å². The molecule has 3 amide bonds. The Labute approximate surface area is 158 Å². The maximum Gasteiger partial charge on any atom is 0.318 e. The summed E-state index contributed by atoms with van der Waals surface area (Å²) < 4.78 is 10.7. The van der Waals surface area contributed by atoms with E-state index in [9.17, 15) is 9.59 Å².